The molecule has 1 aliphatic heterocycles. The first-order chi connectivity index (χ1) is 12.8. The number of carbonyl (C=O) groups excluding carboxylic acids is 1. The lowest BCUT2D eigenvalue weighted by Gasteiger charge is -2.32. The summed E-state index contributed by atoms with van der Waals surface area (Å²) >= 11 is 1.12. The number of hydrogen-bond donors (Lipinski definition) is 1. The largest absolute Gasteiger partial charge is 0.393 e. The summed E-state index contributed by atoms with van der Waals surface area (Å²) in [5.74, 6) is -1.62. The topological polar surface area (TPSA) is 58.1 Å². The third-order valence-electron chi connectivity index (χ3n) is 4.56. The Hall–Kier alpha value is -2.00. The van der Waals surface area contributed by atoms with Crippen LogP contribution < -0.4 is 5.32 Å². The monoisotopic (exact) mass is 398 g/mol. The molecule has 0 saturated carbocycles. The molecule has 1 aromatic carbocycles. The third kappa shape index (κ3) is 5.49. The minimum Gasteiger partial charge on any atom is -0.346 e. The molecule has 1 N–H and O–H groups in total. The van der Waals surface area contributed by atoms with E-state index in [-0.39, 0.29) is 30.4 Å². The Labute approximate surface area is 159 Å². The van der Waals surface area contributed by atoms with Crippen LogP contribution in [0.2, 0.25) is 0 Å². The predicted octanol–water partition coefficient (Wildman–Crippen LogP) is 3.55. The van der Waals surface area contributed by atoms with Crippen molar-refractivity contribution >= 4 is 17.2 Å². The van der Waals surface area contributed by atoms with E-state index in [1.54, 1.807) is 4.90 Å². The van der Waals surface area contributed by atoms with Gasteiger partial charge >= 0.3 is 6.18 Å². The summed E-state index contributed by atoms with van der Waals surface area (Å²) in [4.78, 5) is 13.9. The van der Waals surface area contributed by atoms with Crippen LogP contribution in [-0.4, -0.2) is 40.3 Å². The average Bonchev–Trinajstić information content (AvgIpc) is 3.09. The molecule has 1 atom stereocenters. The number of carbonyl (C=O) groups is 1. The van der Waals surface area contributed by atoms with Gasteiger partial charge in [-0.1, -0.05) is 41.2 Å². The number of likely N-dealkylation sites (tertiary alicyclic amines) is 1. The number of halogens is 3. The van der Waals surface area contributed by atoms with Crippen LogP contribution in [0.4, 0.5) is 13.2 Å². The van der Waals surface area contributed by atoms with Gasteiger partial charge in [-0.05, 0) is 31.9 Å². The van der Waals surface area contributed by atoms with Crippen LogP contribution in [0.5, 0.6) is 0 Å². The number of aromatic nitrogens is 2. The fourth-order valence-electron chi connectivity index (χ4n) is 3.03. The maximum Gasteiger partial charge on any atom is 0.393 e. The molecule has 0 unspecified atom stereocenters. The van der Waals surface area contributed by atoms with E-state index >= 15 is 0 Å². The van der Waals surface area contributed by atoms with Crippen LogP contribution in [0.15, 0.2) is 24.3 Å². The number of amides is 1. The molecule has 3 rings (SSSR count). The average molecular weight is 398 g/mol. The first kappa shape index (κ1) is 19.8. The lowest BCUT2D eigenvalue weighted by Crippen LogP contribution is -2.41. The fourth-order valence-corrected chi connectivity index (χ4v) is 3.83. The van der Waals surface area contributed by atoms with Gasteiger partial charge in [0.15, 0.2) is 0 Å². The first-order valence-corrected chi connectivity index (χ1v) is 9.58. The normalized spacial score (nSPS) is 18.4. The van der Waals surface area contributed by atoms with E-state index in [2.05, 4.69) is 15.5 Å². The zero-order chi connectivity index (χ0) is 19.4. The van der Waals surface area contributed by atoms with Crippen LogP contribution in [0.3, 0.4) is 0 Å². The van der Waals surface area contributed by atoms with E-state index in [4.69, 9.17) is 0 Å². The number of aryl methyl sites for hydroxylation is 1. The number of rotatable bonds is 5. The van der Waals surface area contributed by atoms with Crippen molar-refractivity contribution in [2.45, 2.75) is 39.0 Å². The number of benzene rings is 1. The number of nitrogens with one attached hydrogen (secondary N) is 1. The molecule has 2 aromatic rings. The second-order valence-electron chi connectivity index (χ2n) is 6.79. The van der Waals surface area contributed by atoms with Crippen molar-refractivity contribution in [1.29, 1.82) is 0 Å². The van der Waals surface area contributed by atoms with Crippen molar-refractivity contribution in [3.63, 3.8) is 0 Å². The van der Waals surface area contributed by atoms with Crippen LogP contribution in [-0.2, 0) is 13.1 Å². The standard InChI is InChI=1S/C18H21F3N4OS/c1-12-4-6-13(7-5-12)9-22-16(26)17-24-23-15(27-17)11-25-8-2-3-14(10-25)18(19,20)21/h4-7,14H,2-3,8-11H2,1H3,(H,22,26)/t14-/m0/s1. The minimum absolute atomic E-state index is 0.0297. The van der Waals surface area contributed by atoms with Gasteiger partial charge in [-0.2, -0.15) is 13.2 Å². The number of alkyl halides is 3. The van der Waals surface area contributed by atoms with Gasteiger partial charge in [0.25, 0.3) is 5.91 Å². The summed E-state index contributed by atoms with van der Waals surface area (Å²) in [6, 6.07) is 7.82. The molecule has 0 aliphatic carbocycles. The zero-order valence-electron chi connectivity index (χ0n) is 14.9. The molecule has 5 nitrogen and oxygen atoms in total. The second-order valence-corrected chi connectivity index (χ2v) is 7.85. The Bertz CT molecular complexity index is 776. The Kier molecular flexibility index (Phi) is 6.11. The Balaban J connectivity index is 1.53. The summed E-state index contributed by atoms with van der Waals surface area (Å²) in [5.41, 5.74) is 2.12. The van der Waals surface area contributed by atoms with Gasteiger partial charge in [-0.3, -0.25) is 9.69 Å². The zero-order valence-corrected chi connectivity index (χ0v) is 15.7. The van der Waals surface area contributed by atoms with Crippen molar-refractivity contribution in [1.82, 2.24) is 20.4 Å². The van der Waals surface area contributed by atoms with Gasteiger partial charge in [-0.15, -0.1) is 10.2 Å². The summed E-state index contributed by atoms with van der Waals surface area (Å²) in [6.45, 7) is 3.23. The molecule has 1 saturated heterocycles. The molecule has 1 amide bonds. The Morgan fingerprint density at radius 2 is 2.04 bits per heavy atom. The highest BCUT2D eigenvalue weighted by atomic mass is 32.1. The lowest BCUT2D eigenvalue weighted by atomic mass is 9.98. The van der Waals surface area contributed by atoms with Crippen LogP contribution in [0.1, 0.15) is 38.8 Å². The third-order valence-corrected chi connectivity index (χ3v) is 5.47. The summed E-state index contributed by atoms with van der Waals surface area (Å²) in [5, 5.41) is 11.4. The van der Waals surface area contributed by atoms with E-state index in [0.29, 0.717) is 24.5 Å². The van der Waals surface area contributed by atoms with Gasteiger partial charge in [0.1, 0.15) is 5.01 Å². The number of nitrogens with zero attached hydrogens (tertiary/aromatic N) is 3. The van der Waals surface area contributed by atoms with Gasteiger partial charge in [-0.25, -0.2) is 0 Å². The smallest absolute Gasteiger partial charge is 0.346 e. The van der Waals surface area contributed by atoms with E-state index in [9.17, 15) is 18.0 Å². The van der Waals surface area contributed by atoms with Gasteiger partial charge in [0, 0.05) is 13.1 Å². The van der Waals surface area contributed by atoms with E-state index < -0.39 is 12.1 Å². The molecule has 0 spiro atoms. The van der Waals surface area contributed by atoms with Crippen molar-refractivity contribution in [2.75, 3.05) is 13.1 Å². The molecule has 2 heterocycles. The van der Waals surface area contributed by atoms with Gasteiger partial charge < -0.3 is 5.32 Å². The Morgan fingerprint density at radius 1 is 1.30 bits per heavy atom. The fraction of sp³-hybridized carbons (Fsp3) is 0.500. The van der Waals surface area contributed by atoms with E-state index in [1.807, 2.05) is 31.2 Å². The minimum atomic E-state index is -4.17. The van der Waals surface area contributed by atoms with E-state index in [0.717, 1.165) is 22.5 Å². The Morgan fingerprint density at radius 3 is 2.74 bits per heavy atom. The SMILES string of the molecule is Cc1ccc(CNC(=O)c2nnc(CN3CCC[C@H](C(F)(F)F)C3)s2)cc1. The maximum atomic E-state index is 12.9. The van der Waals surface area contributed by atoms with Crippen LogP contribution >= 0.6 is 11.3 Å². The number of piperidine rings is 1. The van der Waals surface area contributed by atoms with Crippen molar-refractivity contribution < 1.29 is 18.0 Å². The van der Waals surface area contributed by atoms with E-state index in [1.165, 1.54) is 0 Å². The van der Waals surface area contributed by atoms with Crippen molar-refractivity contribution in [3.05, 3.63) is 45.4 Å². The highest BCUT2D eigenvalue weighted by Crippen LogP contribution is 2.33. The summed E-state index contributed by atoms with van der Waals surface area (Å²) < 4.78 is 38.7. The molecule has 9 heteroatoms. The van der Waals surface area contributed by atoms with Gasteiger partial charge in [0.2, 0.25) is 5.01 Å². The molecule has 0 radical (unpaired) electrons. The molecule has 0 bridgehead atoms. The quantitative estimate of drug-likeness (QED) is 0.837. The second kappa shape index (κ2) is 8.35. The molecular formula is C18H21F3N4OS. The summed E-state index contributed by atoms with van der Waals surface area (Å²) in [7, 11) is 0. The molecular weight excluding hydrogens is 377 g/mol. The molecule has 27 heavy (non-hydrogen) atoms. The van der Waals surface area contributed by atoms with Crippen LogP contribution in [0, 0.1) is 12.8 Å². The molecule has 1 fully saturated rings. The van der Waals surface area contributed by atoms with Gasteiger partial charge in [0.05, 0.1) is 12.5 Å². The molecule has 1 aromatic heterocycles. The van der Waals surface area contributed by atoms with Crippen LogP contribution in [0.25, 0.3) is 0 Å². The highest BCUT2D eigenvalue weighted by Gasteiger charge is 2.41. The predicted molar refractivity (Wildman–Crippen MR) is 96.3 cm³/mol. The molecule has 1 aliphatic rings. The maximum absolute atomic E-state index is 12.9. The summed E-state index contributed by atoms with van der Waals surface area (Å²) in [6.07, 6.45) is -3.49. The molecule has 146 valence electrons. The van der Waals surface area contributed by atoms with Crippen molar-refractivity contribution in [2.24, 2.45) is 5.92 Å². The van der Waals surface area contributed by atoms with Crippen molar-refractivity contribution in [3.8, 4) is 0 Å². The number of hydrogen-bond acceptors (Lipinski definition) is 5. The highest BCUT2D eigenvalue weighted by molar-refractivity contribution is 7.13. The lowest BCUT2D eigenvalue weighted by molar-refractivity contribution is -0.187. The first-order valence-electron chi connectivity index (χ1n) is 8.76.